The van der Waals surface area contributed by atoms with Gasteiger partial charge in [0, 0.05) is 36.1 Å². The molecule has 0 saturated heterocycles. The first-order valence-corrected chi connectivity index (χ1v) is 10.3. The van der Waals surface area contributed by atoms with Crippen LogP contribution in [0, 0.1) is 6.92 Å². The van der Waals surface area contributed by atoms with E-state index in [9.17, 15) is 14.4 Å². The summed E-state index contributed by atoms with van der Waals surface area (Å²) < 4.78 is 12.8. The van der Waals surface area contributed by atoms with Gasteiger partial charge in [0.15, 0.2) is 0 Å². The molecule has 1 aromatic carbocycles. The maximum Gasteiger partial charge on any atom is 0.341 e. The molecule has 1 saturated carbocycles. The van der Waals surface area contributed by atoms with E-state index in [0.29, 0.717) is 11.3 Å². The minimum absolute atomic E-state index is 0.0774. The van der Waals surface area contributed by atoms with E-state index in [1.165, 1.54) is 4.90 Å². The van der Waals surface area contributed by atoms with Gasteiger partial charge >= 0.3 is 5.97 Å². The molecule has 1 fully saturated rings. The Morgan fingerprint density at radius 3 is 2.68 bits per heavy atom. The summed E-state index contributed by atoms with van der Waals surface area (Å²) in [6, 6.07) is 8.90. The molecule has 1 aliphatic carbocycles. The first kappa shape index (κ1) is 19.4. The molecule has 160 valence electrons. The number of likely N-dealkylation sites (N-methyl/N-ethyl adjacent to an activating group) is 1. The van der Waals surface area contributed by atoms with E-state index in [1.54, 1.807) is 48.9 Å². The number of carbonyl (C=O) groups excluding carboxylic acids is 2. The molecule has 5 rings (SSSR count). The number of anilines is 1. The van der Waals surface area contributed by atoms with E-state index in [-0.39, 0.29) is 41.0 Å². The average Bonchev–Trinajstić information content (AvgIpc) is 3.53. The van der Waals surface area contributed by atoms with Crippen LogP contribution in [0.4, 0.5) is 5.69 Å². The lowest BCUT2D eigenvalue weighted by Gasteiger charge is -2.35. The van der Waals surface area contributed by atoms with Crippen LogP contribution >= 0.6 is 0 Å². The molecule has 0 radical (unpaired) electrons. The number of nitrogens with two attached hydrogens (primary N) is 1. The zero-order valence-electron chi connectivity index (χ0n) is 17.6. The van der Waals surface area contributed by atoms with Gasteiger partial charge in [-0.15, -0.1) is 0 Å². The Hall–Kier alpha value is -3.55. The van der Waals surface area contributed by atoms with Crippen molar-refractivity contribution in [1.29, 1.82) is 0 Å². The van der Waals surface area contributed by atoms with Gasteiger partial charge in [-0.3, -0.25) is 9.59 Å². The van der Waals surface area contributed by atoms with Crippen molar-refractivity contribution in [1.82, 2.24) is 4.57 Å². The van der Waals surface area contributed by atoms with Crippen LogP contribution in [0.2, 0.25) is 0 Å². The molecular weight excluding hydrogens is 398 g/mol. The third-order valence-electron chi connectivity index (χ3n) is 6.30. The summed E-state index contributed by atoms with van der Waals surface area (Å²) in [7, 11) is 1.62. The van der Waals surface area contributed by atoms with Gasteiger partial charge < -0.3 is 24.7 Å². The number of aryl methyl sites for hydroxylation is 1. The van der Waals surface area contributed by atoms with Gasteiger partial charge in [-0.25, -0.2) is 4.79 Å². The highest BCUT2D eigenvalue weighted by molar-refractivity contribution is 6.18. The lowest BCUT2D eigenvalue weighted by molar-refractivity contribution is -0.140. The molecular formula is C23H23N3O5. The fourth-order valence-electron chi connectivity index (χ4n) is 4.91. The quantitative estimate of drug-likeness (QED) is 0.759. The second-order valence-corrected chi connectivity index (χ2v) is 8.12. The lowest BCUT2D eigenvalue weighted by Crippen LogP contribution is -2.51. The van der Waals surface area contributed by atoms with E-state index in [1.807, 2.05) is 6.92 Å². The van der Waals surface area contributed by atoms with Crippen molar-refractivity contribution in [2.24, 2.45) is 5.73 Å². The Labute approximate surface area is 178 Å². The predicted molar refractivity (Wildman–Crippen MR) is 113 cm³/mol. The van der Waals surface area contributed by atoms with Gasteiger partial charge in [0.2, 0.25) is 11.8 Å². The highest BCUT2D eigenvalue weighted by Gasteiger charge is 2.62. The van der Waals surface area contributed by atoms with Crippen LogP contribution in [0.25, 0.3) is 0 Å². The van der Waals surface area contributed by atoms with E-state index in [2.05, 4.69) is 0 Å². The van der Waals surface area contributed by atoms with Crippen molar-refractivity contribution in [2.45, 2.75) is 38.1 Å². The minimum Gasteiger partial charge on any atom is -0.462 e. The monoisotopic (exact) mass is 421 g/mol. The van der Waals surface area contributed by atoms with Crippen molar-refractivity contribution in [2.75, 3.05) is 18.6 Å². The first-order valence-electron chi connectivity index (χ1n) is 10.3. The highest BCUT2D eigenvalue weighted by Crippen LogP contribution is 2.54. The largest absolute Gasteiger partial charge is 0.462 e. The maximum atomic E-state index is 13.9. The van der Waals surface area contributed by atoms with E-state index in [0.717, 1.165) is 18.5 Å². The number of ether oxygens (including phenoxy) is 2. The van der Waals surface area contributed by atoms with Crippen molar-refractivity contribution in [3.63, 3.8) is 0 Å². The molecule has 2 aromatic rings. The number of benzene rings is 1. The molecule has 8 heteroatoms. The summed E-state index contributed by atoms with van der Waals surface area (Å²) in [6.07, 6.45) is 1.78. The number of esters is 1. The SMILES string of the molecule is CCOC(=O)C1=C(N)Oc2cc(C)n(C3CC3)c(=O)c2C12C(=O)N(C)c1ccccc12. The summed E-state index contributed by atoms with van der Waals surface area (Å²) in [6.45, 7) is 3.58. The van der Waals surface area contributed by atoms with Crippen molar-refractivity contribution in [3.05, 3.63) is 69.0 Å². The standard InChI is InChI=1S/C23H23N3O5/c1-4-30-21(28)18-19(24)31-16-11-12(2)26(13-9-10-13)20(27)17(16)23(18)14-7-5-6-8-15(14)25(3)22(23)29/h5-8,11,13H,4,9-10,24H2,1-3H3. The summed E-state index contributed by atoms with van der Waals surface area (Å²) in [5.74, 6) is -1.25. The Morgan fingerprint density at radius 2 is 2.00 bits per heavy atom. The first-order chi connectivity index (χ1) is 14.8. The lowest BCUT2D eigenvalue weighted by atomic mass is 9.68. The highest BCUT2D eigenvalue weighted by atomic mass is 16.5. The molecule has 3 heterocycles. The fourth-order valence-corrected chi connectivity index (χ4v) is 4.91. The normalized spacial score (nSPS) is 21.8. The average molecular weight is 421 g/mol. The van der Waals surface area contributed by atoms with Gasteiger partial charge in [0.1, 0.15) is 16.7 Å². The summed E-state index contributed by atoms with van der Waals surface area (Å²) in [5, 5.41) is 0. The maximum absolute atomic E-state index is 13.9. The van der Waals surface area contributed by atoms with Gasteiger partial charge in [-0.1, -0.05) is 18.2 Å². The van der Waals surface area contributed by atoms with Gasteiger partial charge in [0.05, 0.1) is 12.2 Å². The Balaban J connectivity index is 1.94. The molecule has 31 heavy (non-hydrogen) atoms. The molecule has 1 unspecified atom stereocenters. The number of carbonyl (C=O) groups is 2. The Kier molecular flexibility index (Phi) is 4.05. The summed E-state index contributed by atoms with van der Waals surface area (Å²) in [4.78, 5) is 42.4. The number of hydrogen-bond donors (Lipinski definition) is 1. The van der Waals surface area contributed by atoms with Crippen LogP contribution in [0.5, 0.6) is 5.75 Å². The van der Waals surface area contributed by atoms with Crippen LogP contribution < -0.4 is 20.9 Å². The van der Waals surface area contributed by atoms with Crippen LogP contribution in [0.3, 0.4) is 0 Å². The third kappa shape index (κ3) is 2.38. The van der Waals surface area contributed by atoms with Gasteiger partial charge in [-0.05, 0) is 32.8 Å². The second kappa shape index (κ2) is 6.47. The summed E-state index contributed by atoms with van der Waals surface area (Å²) >= 11 is 0. The van der Waals surface area contributed by atoms with Crippen molar-refractivity contribution < 1.29 is 19.1 Å². The molecule has 3 aliphatic rings. The van der Waals surface area contributed by atoms with E-state index in [4.69, 9.17) is 15.2 Å². The van der Waals surface area contributed by atoms with E-state index >= 15 is 0 Å². The Bertz CT molecular complexity index is 1240. The third-order valence-corrected chi connectivity index (χ3v) is 6.30. The topological polar surface area (TPSA) is 104 Å². The van der Waals surface area contributed by atoms with Gasteiger partial charge in [0.25, 0.3) is 5.56 Å². The van der Waals surface area contributed by atoms with Crippen LogP contribution in [-0.4, -0.2) is 30.1 Å². The number of nitrogens with zero attached hydrogens (tertiary/aromatic N) is 2. The molecule has 2 aliphatic heterocycles. The van der Waals surface area contributed by atoms with Crippen LogP contribution in [0.1, 0.15) is 42.6 Å². The number of pyridine rings is 1. The van der Waals surface area contributed by atoms with Crippen LogP contribution in [-0.2, 0) is 19.7 Å². The fraction of sp³-hybridized carbons (Fsp3) is 0.348. The van der Waals surface area contributed by atoms with Gasteiger partial charge in [-0.2, -0.15) is 0 Å². The molecule has 0 bridgehead atoms. The minimum atomic E-state index is -1.73. The number of fused-ring (bicyclic) bond motifs is 4. The zero-order valence-corrected chi connectivity index (χ0v) is 17.6. The molecule has 1 spiro atoms. The van der Waals surface area contributed by atoms with Crippen molar-refractivity contribution >= 4 is 17.6 Å². The second-order valence-electron chi connectivity index (χ2n) is 8.12. The van der Waals surface area contributed by atoms with Crippen LogP contribution in [0.15, 0.2) is 46.6 Å². The number of amides is 1. The molecule has 1 aromatic heterocycles. The van der Waals surface area contributed by atoms with E-state index < -0.39 is 17.3 Å². The summed E-state index contributed by atoms with van der Waals surface area (Å²) in [5.41, 5.74) is 5.98. The smallest absolute Gasteiger partial charge is 0.341 e. The molecule has 2 N–H and O–H groups in total. The number of aromatic nitrogens is 1. The van der Waals surface area contributed by atoms with Crippen molar-refractivity contribution in [3.8, 4) is 5.75 Å². The predicted octanol–water partition coefficient (Wildman–Crippen LogP) is 1.88. The number of hydrogen-bond acceptors (Lipinski definition) is 6. The number of para-hydroxylation sites is 1. The molecule has 1 amide bonds. The number of rotatable bonds is 3. The molecule has 1 atom stereocenters. The Morgan fingerprint density at radius 1 is 1.29 bits per heavy atom. The molecule has 8 nitrogen and oxygen atoms in total. The zero-order chi connectivity index (χ0) is 22.1.